The monoisotopic (exact) mass is 375 g/mol. The standard InChI is InChI=1S/C18H18ClN3S2/c1-13-3-9-16(10-4-13)23-12-17-20-21-18(22(17)2)24-11-14-5-7-15(19)8-6-14/h3-10H,11-12H2,1-2H3. The average molecular weight is 376 g/mol. The van der Waals surface area contributed by atoms with Crippen molar-refractivity contribution in [2.75, 3.05) is 0 Å². The zero-order valence-electron chi connectivity index (χ0n) is 13.6. The molecule has 0 aliphatic rings. The van der Waals surface area contributed by atoms with E-state index < -0.39 is 0 Å². The third-order valence-electron chi connectivity index (χ3n) is 3.60. The predicted octanol–water partition coefficient (Wildman–Crippen LogP) is 5.36. The smallest absolute Gasteiger partial charge is 0.191 e. The Balaban J connectivity index is 1.58. The van der Waals surface area contributed by atoms with E-state index in [1.54, 1.807) is 23.5 Å². The van der Waals surface area contributed by atoms with Crippen LogP contribution in [0.1, 0.15) is 17.0 Å². The van der Waals surface area contributed by atoms with Crippen molar-refractivity contribution in [1.29, 1.82) is 0 Å². The van der Waals surface area contributed by atoms with Crippen LogP contribution >= 0.6 is 35.1 Å². The molecule has 3 rings (SSSR count). The molecular weight excluding hydrogens is 358 g/mol. The second-order valence-corrected chi connectivity index (χ2v) is 7.90. The van der Waals surface area contributed by atoms with Gasteiger partial charge in [-0.2, -0.15) is 0 Å². The summed E-state index contributed by atoms with van der Waals surface area (Å²) in [4.78, 5) is 1.25. The number of hydrogen-bond acceptors (Lipinski definition) is 4. The van der Waals surface area contributed by atoms with Crippen molar-refractivity contribution < 1.29 is 0 Å². The summed E-state index contributed by atoms with van der Waals surface area (Å²) in [6.45, 7) is 2.10. The van der Waals surface area contributed by atoms with Crippen molar-refractivity contribution in [3.8, 4) is 0 Å². The van der Waals surface area contributed by atoms with Gasteiger partial charge in [0.25, 0.3) is 0 Å². The molecule has 0 spiro atoms. The molecule has 0 saturated heterocycles. The summed E-state index contributed by atoms with van der Waals surface area (Å²) in [6, 6.07) is 16.5. The molecule has 1 heterocycles. The van der Waals surface area contributed by atoms with Gasteiger partial charge in [0.05, 0.1) is 5.75 Å². The fraction of sp³-hybridized carbons (Fsp3) is 0.222. The molecule has 0 unspecified atom stereocenters. The Kier molecular flexibility index (Phi) is 5.87. The molecule has 0 atom stereocenters. The molecule has 0 fully saturated rings. The van der Waals surface area contributed by atoms with Gasteiger partial charge in [0.2, 0.25) is 0 Å². The number of aromatic nitrogens is 3. The minimum atomic E-state index is 0.762. The topological polar surface area (TPSA) is 30.7 Å². The van der Waals surface area contributed by atoms with Gasteiger partial charge in [0, 0.05) is 22.7 Å². The summed E-state index contributed by atoms with van der Waals surface area (Å²) in [6.07, 6.45) is 0. The summed E-state index contributed by atoms with van der Waals surface area (Å²) in [5.74, 6) is 2.65. The van der Waals surface area contributed by atoms with Crippen molar-refractivity contribution in [2.24, 2.45) is 7.05 Å². The molecule has 0 amide bonds. The second kappa shape index (κ2) is 8.10. The van der Waals surface area contributed by atoms with Crippen LogP contribution in [0.5, 0.6) is 0 Å². The summed E-state index contributed by atoms with van der Waals surface area (Å²) >= 11 is 9.38. The van der Waals surface area contributed by atoms with Gasteiger partial charge < -0.3 is 4.57 Å². The largest absolute Gasteiger partial charge is 0.308 e. The molecule has 0 bridgehead atoms. The van der Waals surface area contributed by atoms with Gasteiger partial charge in [0.1, 0.15) is 5.82 Å². The van der Waals surface area contributed by atoms with Gasteiger partial charge >= 0.3 is 0 Å². The van der Waals surface area contributed by atoms with E-state index in [2.05, 4.69) is 46.0 Å². The highest BCUT2D eigenvalue weighted by atomic mass is 35.5. The zero-order chi connectivity index (χ0) is 16.9. The maximum Gasteiger partial charge on any atom is 0.191 e. The first-order valence-corrected chi connectivity index (χ1v) is 9.92. The molecule has 24 heavy (non-hydrogen) atoms. The van der Waals surface area contributed by atoms with Gasteiger partial charge in [0.15, 0.2) is 5.16 Å². The first-order chi connectivity index (χ1) is 11.6. The molecular formula is C18H18ClN3S2. The summed E-state index contributed by atoms with van der Waals surface area (Å²) in [5.41, 5.74) is 2.50. The minimum Gasteiger partial charge on any atom is -0.308 e. The van der Waals surface area contributed by atoms with Gasteiger partial charge in [-0.3, -0.25) is 0 Å². The maximum absolute atomic E-state index is 5.92. The van der Waals surface area contributed by atoms with Gasteiger partial charge in [-0.25, -0.2) is 0 Å². The van der Waals surface area contributed by atoms with Gasteiger partial charge in [-0.1, -0.05) is 53.2 Å². The van der Waals surface area contributed by atoms with Crippen molar-refractivity contribution >= 4 is 35.1 Å². The zero-order valence-corrected chi connectivity index (χ0v) is 16.0. The average Bonchev–Trinajstić information content (AvgIpc) is 2.94. The van der Waals surface area contributed by atoms with Gasteiger partial charge in [-0.15, -0.1) is 22.0 Å². The quantitative estimate of drug-likeness (QED) is 0.542. The van der Waals surface area contributed by atoms with E-state index in [0.717, 1.165) is 27.5 Å². The molecule has 1 aromatic heterocycles. The Bertz CT molecular complexity index is 731. The number of nitrogens with zero attached hydrogens (tertiary/aromatic N) is 3. The van der Waals surface area contributed by atoms with Crippen LogP contribution in [0.3, 0.4) is 0 Å². The Morgan fingerprint density at radius 1 is 0.917 bits per heavy atom. The molecule has 3 aromatic rings. The predicted molar refractivity (Wildman–Crippen MR) is 103 cm³/mol. The lowest BCUT2D eigenvalue weighted by Gasteiger charge is -2.05. The molecule has 0 saturated carbocycles. The van der Waals surface area contributed by atoms with Gasteiger partial charge in [-0.05, 0) is 36.8 Å². The fourth-order valence-electron chi connectivity index (χ4n) is 2.11. The molecule has 6 heteroatoms. The second-order valence-electron chi connectivity index (χ2n) is 5.47. The molecule has 0 N–H and O–H groups in total. The Labute approximate surface area is 155 Å². The maximum atomic E-state index is 5.92. The summed E-state index contributed by atoms with van der Waals surface area (Å²) in [5, 5.41) is 10.3. The SMILES string of the molecule is Cc1ccc(SCc2nnc(SCc3ccc(Cl)cc3)n2C)cc1. The Morgan fingerprint density at radius 3 is 2.33 bits per heavy atom. The van der Waals surface area contributed by atoms with Crippen molar-refractivity contribution in [1.82, 2.24) is 14.8 Å². The van der Waals surface area contributed by atoms with Crippen LogP contribution in [0.15, 0.2) is 58.6 Å². The molecule has 124 valence electrons. The highest BCUT2D eigenvalue weighted by Gasteiger charge is 2.10. The number of benzene rings is 2. The highest BCUT2D eigenvalue weighted by molar-refractivity contribution is 7.98. The molecule has 0 radical (unpaired) electrons. The Morgan fingerprint density at radius 2 is 1.62 bits per heavy atom. The lowest BCUT2D eigenvalue weighted by atomic mass is 10.2. The van der Waals surface area contributed by atoms with Crippen LogP contribution in [-0.2, 0) is 18.6 Å². The Hall–Kier alpha value is -1.43. The molecule has 0 aliphatic carbocycles. The first kappa shape index (κ1) is 17.4. The number of hydrogen-bond donors (Lipinski definition) is 0. The van der Waals surface area contributed by atoms with Crippen molar-refractivity contribution in [3.63, 3.8) is 0 Å². The van der Waals surface area contributed by atoms with E-state index >= 15 is 0 Å². The summed E-state index contributed by atoms with van der Waals surface area (Å²) < 4.78 is 2.07. The van der Waals surface area contributed by atoms with Crippen LogP contribution in [0.2, 0.25) is 5.02 Å². The van der Waals surface area contributed by atoms with E-state index in [-0.39, 0.29) is 0 Å². The van der Waals surface area contributed by atoms with E-state index in [0.29, 0.717) is 0 Å². The number of aryl methyl sites for hydroxylation is 1. The van der Waals surface area contributed by atoms with E-state index in [1.165, 1.54) is 16.0 Å². The minimum absolute atomic E-state index is 0.762. The van der Waals surface area contributed by atoms with E-state index in [1.807, 2.05) is 31.3 Å². The van der Waals surface area contributed by atoms with Crippen LogP contribution < -0.4 is 0 Å². The lowest BCUT2D eigenvalue weighted by Crippen LogP contribution is -1.97. The lowest BCUT2D eigenvalue weighted by molar-refractivity contribution is 0.761. The van der Waals surface area contributed by atoms with Crippen molar-refractivity contribution in [2.45, 2.75) is 28.5 Å². The first-order valence-electron chi connectivity index (χ1n) is 7.57. The number of halogens is 1. The number of rotatable bonds is 6. The molecule has 2 aromatic carbocycles. The third kappa shape index (κ3) is 4.56. The fourth-order valence-corrected chi connectivity index (χ4v) is 3.99. The molecule has 0 aliphatic heterocycles. The van der Waals surface area contributed by atoms with E-state index in [9.17, 15) is 0 Å². The number of thioether (sulfide) groups is 2. The summed E-state index contributed by atoms with van der Waals surface area (Å²) in [7, 11) is 2.02. The highest BCUT2D eigenvalue weighted by Crippen LogP contribution is 2.26. The normalized spacial score (nSPS) is 11.0. The van der Waals surface area contributed by atoms with Crippen molar-refractivity contribution in [3.05, 3.63) is 70.5 Å². The van der Waals surface area contributed by atoms with Crippen LogP contribution in [0.25, 0.3) is 0 Å². The third-order valence-corrected chi connectivity index (χ3v) is 5.95. The van der Waals surface area contributed by atoms with Crippen LogP contribution in [0.4, 0.5) is 0 Å². The van der Waals surface area contributed by atoms with Crippen LogP contribution in [-0.4, -0.2) is 14.8 Å². The van der Waals surface area contributed by atoms with E-state index in [4.69, 9.17) is 11.6 Å². The molecule has 3 nitrogen and oxygen atoms in total. The van der Waals surface area contributed by atoms with Crippen LogP contribution in [0, 0.1) is 6.92 Å².